The smallest absolute Gasteiger partial charge is 0.437 e. The molecule has 2 fully saturated rings. The van der Waals surface area contributed by atoms with Gasteiger partial charge in [-0.05, 0) is 79.8 Å². The molecule has 2 aromatic carbocycles. The number of oxazole rings is 1. The molecule has 12 heteroatoms. The largest absolute Gasteiger partial charge is 0.490 e. The molecule has 0 aliphatic carbocycles. The lowest BCUT2D eigenvalue weighted by Crippen LogP contribution is -2.36. The van der Waals surface area contributed by atoms with Crippen molar-refractivity contribution in [3.63, 3.8) is 0 Å². The second-order valence-electron chi connectivity index (χ2n) is 11.9. The summed E-state index contributed by atoms with van der Waals surface area (Å²) in [5, 5.41) is 2.47. The number of aryl methyl sites for hydroxylation is 1. The van der Waals surface area contributed by atoms with E-state index in [0.717, 1.165) is 31.2 Å². The number of benzene rings is 2. The zero-order chi connectivity index (χ0) is 32.3. The molecule has 0 radical (unpaired) electrons. The highest BCUT2D eigenvalue weighted by molar-refractivity contribution is 6.03. The second kappa shape index (κ2) is 13.4. The van der Waals surface area contributed by atoms with E-state index in [1.807, 2.05) is 37.3 Å². The Kier molecular flexibility index (Phi) is 9.14. The number of halogens is 4. The number of nitrogens with one attached hydrogen (secondary N) is 1. The van der Waals surface area contributed by atoms with E-state index in [9.17, 15) is 22.4 Å². The van der Waals surface area contributed by atoms with Gasteiger partial charge in [-0.2, -0.15) is 18.2 Å². The Morgan fingerprint density at radius 1 is 0.978 bits per heavy atom. The summed E-state index contributed by atoms with van der Waals surface area (Å²) in [6.45, 7) is 4.64. The van der Waals surface area contributed by atoms with Gasteiger partial charge in [0.15, 0.2) is 17.3 Å². The highest BCUT2D eigenvalue weighted by Gasteiger charge is 2.42. The molecule has 2 saturated heterocycles. The summed E-state index contributed by atoms with van der Waals surface area (Å²) in [4.78, 5) is 24.9. The van der Waals surface area contributed by atoms with Crippen molar-refractivity contribution in [1.82, 2.24) is 9.97 Å². The van der Waals surface area contributed by atoms with Crippen LogP contribution in [0.15, 0.2) is 71.3 Å². The van der Waals surface area contributed by atoms with Crippen LogP contribution in [0.3, 0.4) is 0 Å². The second-order valence-corrected chi connectivity index (χ2v) is 11.9. The van der Waals surface area contributed by atoms with E-state index in [0.29, 0.717) is 44.5 Å². The number of aromatic nitrogens is 2. The van der Waals surface area contributed by atoms with Crippen LogP contribution < -0.4 is 19.9 Å². The number of pyridine rings is 1. The zero-order valence-electron chi connectivity index (χ0n) is 25.4. The average Bonchev–Trinajstić information content (AvgIpc) is 3.53. The highest BCUT2D eigenvalue weighted by Crippen LogP contribution is 2.36. The molecule has 2 aliphatic heterocycles. The van der Waals surface area contributed by atoms with E-state index in [-0.39, 0.29) is 29.2 Å². The van der Waals surface area contributed by atoms with Crippen LogP contribution in [0.1, 0.15) is 59.0 Å². The maximum atomic E-state index is 14.0. The van der Waals surface area contributed by atoms with E-state index >= 15 is 0 Å². The van der Waals surface area contributed by atoms with Crippen LogP contribution in [0.5, 0.6) is 5.75 Å². The zero-order valence-corrected chi connectivity index (χ0v) is 25.4. The highest BCUT2D eigenvalue weighted by atomic mass is 19.4. The van der Waals surface area contributed by atoms with E-state index in [1.54, 1.807) is 29.2 Å². The molecule has 0 bridgehead atoms. The Bertz CT molecular complexity index is 1630. The Morgan fingerprint density at radius 3 is 2.37 bits per heavy atom. The summed E-state index contributed by atoms with van der Waals surface area (Å²) in [7, 11) is 0. The minimum absolute atomic E-state index is 0.213. The lowest BCUT2D eigenvalue weighted by molar-refractivity contribution is -0.141. The van der Waals surface area contributed by atoms with E-state index in [1.165, 1.54) is 17.8 Å². The van der Waals surface area contributed by atoms with Crippen molar-refractivity contribution in [1.29, 1.82) is 0 Å². The van der Waals surface area contributed by atoms with Gasteiger partial charge in [0.2, 0.25) is 5.76 Å². The third-order valence-electron chi connectivity index (χ3n) is 8.63. The van der Waals surface area contributed by atoms with Crippen LogP contribution in [0, 0.1) is 18.7 Å². The molecule has 0 saturated carbocycles. The van der Waals surface area contributed by atoms with Crippen molar-refractivity contribution in [2.75, 3.05) is 47.9 Å². The number of ether oxygens (including phenoxy) is 1. The molecular weight excluding hydrogens is 602 g/mol. The molecule has 0 spiro atoms. The Balaban J connectivity index is 1.04. The van der Waals surface area contributed by atoms with Gasteiger partial charge in [-0.25, -0.2) is 9.37 Å². The van der Waals surface area contributed by atoms with Crippen LogP contribution in [-0.2, 0) is 6.18 Å². The van der Waals surface area contributed by atoms with E-state index in [4.69, 9.17) is 9.15 Å². The summed E-state index contributed by atoms with van der Waals surface area (Å²) >= 11 is 0. The van der Waals surface area contributed by atoms with E-state index < -0.39 is 23.5 Å². The first-order valence-electron chi connectivity index (χ1n) is 15.4. The van der Waals surface area contributed by atoms with Crippen LogP contribution >= 0.6 is 0 Å². The molecule has 0 unspecified atom stereocenters. The van der Waals surface area contributed by atoms with E-state index in [2.05, 4.69) is 20.2 Å². The van der Waals surface area contributed by atoms with Crippen LogP contribution in [-0.4, -0.2) is 48.7 Å². The van der Waals surface area contributed by atoms with Gasteiger partial charge in [0, 0.05) is 26.2 Å². The first-order valence-corrected chi connectivity index (χ1v) is 15.4. The normalized spacial score (nSPS) is 16.5. The summed E-state index contributed by atoms with van der Waals surface area (Å²) in [6, 6.07) is 17.9. The predicted octanol–water partition coefficient (Wildman–Crippen LogP) is 7.47. The molecule has 4 heterocycles. The lowest BCUT2D eigenvalue weighted by Gasteiger charge is -2.32. The number of carbonyl (C=O) groups excluding carboxylic acids is 1. The van der Waals surface area contributed by atoms with Crippen LogP contribution in [0.25, 0.3) is 0 Å². The van der Waals surface area contributed by atoms with Gasteiger partial charge in [0.25, 0.3) is 11.9 Å². The standard InChI is InChI=1S/C34H35F4N5O3/c1-22-7-9-27(35)28(19-22)45-21-23-11-15-42(16-12-23)29-10-8-26(20-39-29)40-32(44)30-31(34(36,37)38)41-33(46-30)43-17-13-25(14-18-43)24-5-3-2-4-6-24/h2-10,19-20,23,25H,11-18,21H2,1H3,(H,40,44). The average molecular weight is 638 g/mol. The van der Waals surface area contributed by atoms with Crippen molar-refractivity contribution in [3.05, 3.63) is 95.3 Å². The molecule has 2 aliphatic rings. The maximum Gasteiger partial charge on any atom is 0.437 e. The summed E-state index contributed by atoms with van der Waals surface area (Å²) in [5.74, 6) is -0.815. The number of amides is 1. The number of carbonyl (C=O) groups is 1. The number of hydrogen-bond acceptors (Lipinski definition) is 7. The minimum atomic E-state index is -4.87. The van der Waals surface area contributed by atoms with Gasteiger partial charge >= 0.3 is 6.18 Å². The van der Waals surface area contributed by atoms with Gasteiger partial charge in [-0.1, -0.05) is 36.4 Å². The fraction of sp³-hybridized carbons (Fsp3) is 0.382. The first kappa shape index (κ1) is 31.4. The molecule has 46 heavy (non-hydrogen) atoms. The van der Waals surface area contributed by atoms with Crippen molar-refractivity contribution in [2.24, 2.45) is 5.92 Å². The van der Waals surface area contributed by atoms with Gasteiger partial charge in [0.05, 0.1) is 18.5 Å². The topological polar surface area (TPSA) is 83.7 Å². The SMILES string of the molecule is Cc1ccc(F)c(OCC2CCN(c3ccc(NC(=O)c4oc(N5CCC(c6ccccc6)CC5)nc4C(F)(F)F)cn3)CC2)c1. The number of alkyl halides is 3. The third-order valence-corrected chi connectivity index (χ3v) is 8.63. The third kappa shape index (κ3) is 7.27. The molecule has 1 amide bonds. The number of nitrogens with zero attached hydrogens (tertiary/aromatic N) is 4. The molecule has 8 nitrogen and oxygen atoms in total. The van der Waals surface area contributed by atoms with Crippen LogP contribution in [0.2, 0.25) is 0 Å². The predicted molar refractivity (Wildman–Crippen MR) is 166 cm³/mol. The lowest BCUT2D eigenvalue weighted by atomic mass is 9.90. The molecule has 2 aromatic heterocycles. The molecule has 0 atom stereocenters. The minimum Gasteiger partial charge on any atom is -0.490 e. The molecular formula is C34H35F4N5O3. The fourth-order valence-electron chi connectivity index (χ4n) is 6.01. The summed E-state index contributed by atoms with van der Waals surface area (Å²) in [5.41, 5.74) is 0.993. The summed E-state index contributed by atoms with van der Waals surface area (Å²) < 4.78 is 66.9. The number of rotatable bonds is 8. The fourth-order valence-corrected chi connectivity index (χ4v) is 6.01. The van der Waals surface area contributed by atoms with Crippen molar-refractivity contribution >= 4 is 23.4 Å². The Labute approximate surface area is 264 Å². The van der Waals surface area contributed by atoms with Gasteiger partial charge in [-0.3, -0.25) is 4.79 Å². The quantitative estimate of drug-likeness (QED) is 0.201. The van der Waals surface area contributed by atoms with Gasteiger partial charge in [-0.15, -0.1) is 0 Å². The van der Waals surface area contributed by atoms with Crippen molar-refractivity contribution in [3.8, 4) is 5.75 Å². The van der Waals surface area contributed by atoms with Crippen molar-refractivity contribution in [2.45, 2.75) is 44.7 Å². The maximum absolute atomic E-state index is 14.0. The monoisotopic (exact) mass is 637 g/mol. The summed E-state index contributed by atoms with van der Waals surface area (Å²) in [6.07, 6.45) is -0.360. The van der Waals surface area contributed by atoms with Crippen molar-refractivity contribution < 1.29 is 31.5 Å². The van der Waals surface area contributed by atoms with Gasteiger partial charge in [0.1, 0.15) is 5.82 Å². The van der Waals surface area contributed by atoms with Gasteiger partial charge < -0.3 is 24.3 Å². The molecule has 242 valence electrons. The molecule has 6 rings (SSSR count). The number of anilines is 3. The molecule has 1 N–H and O–H groups in total. The Hall–Kier alpha value is -4.61. The number of piperidine rings is 2. The number of hydrogen-bond donors (Lipinski definition) is 1. The Morgan fingerprint density at radius 2 is 1.70 bits per heavy atom. The molecule has 4 aromatic rings. The first-order chi connectivity index (χ1) is 22.1. The van der Waals surface area contributed by atoms with Crippen LogP contribution in [0.4, 0.5) is 35.1 Å².